The molecule has 338 valence electrons. The zero-order chi connectivity index (χ0) is 46.8. The first-order valence-corrected chi connectivity index (χ1v) is 19.4. The van der Waals surface area contributed by atoms with E-state index in [0.29, 0.717) is 0 Å². The van der Waals surface area contributed by atoms with E-state index in [1.807, 2.05) is 0 Å². The van der Waals surface area contributed by atoms with Gasteiger partial charge < -0.3 is 54.0 Å². The highest BCUT2D eigenvalue weighted by molar-refractivity contribution is 6.02. The number of non-ortho nitro benzene ring substituents is 1. The van der Waals surface area contributed by atoms with Crippen LogP contribution in [0.15, 0.2) is 42.5 Å². The molecule has 0 spiro atoms. The van der Waals surface area contributed by atoms with Crippen molar-refractivity contribution in [2.75, 3.05) is 30.7 Å². The van der Waals surface area contributed by atoms with Crippen molar-refractivity contribution in [3.63, 3.8) is 0 Å². The second kappa shape index (κ2) is 24.0. The van der Waals surface area contributed by atoms with Crippen LogP contribution >= 0.6 is 0 Å². The largest absolute Gasteiger partial charge is 0.398 e. The number of hydrogen-bond acceptors (Lipinski definition) is 14. The molecule has 2 rings (SSSR count). The summed E-state index contributed by atoms with van der Waals surface area (Å²) in [7, 11) is 0. The predicted octanol–water partition coefficient (Wildman–Crippen LogP) is -0.915. The first-order valence-electron chi connectivity index (χ1n) is 19.4. The van der Waals surface area contributed by atoms with E-state index in [1.54, 1.807) is 39.8 Å². The van der Waals surface area contributed by atoms with Crippen LogP contribution in [0.1, 0.15) is 64.7 Å². The zero-order valence-corrected chi connectivity index (χ0v) is 35.1. The highest BCUT2D eigenvalue weighted by Crippen LogP contribution is 2.28. The Morgan fingerprint density at radius 1 is 0.661 bits per heavy atom. The van der Waals surface area contributed by atoms with E-state index in [9.17, 15) is 58.6 Å². The van der Waals surface area contributed by atoms with E-state index in [2.05, 4.69) is 42.5 Å². The van der Waals surface area contributed by atoms with Gasteiger partial charge in [0.25, 0.3) is 17.3 Å². The Hall–Kier alpha value is -7.40. The van der Waals surface area contributed by atoms with Crippen LogP contribution in [0.3, 0.4) is 0 Å². The van der Waals surface area contributed by atoms with E-state index in [-0.39, 0.29) is 42.9 Å². The van der Waals surface area contributed by atoms with Crippen LogP contribution in [-0.2, 0) is 33.6 Å². The molecular formula is C38H54N12O12. The number of hydrogen-bond donors (Lipinski definition) is 10. The van der Waals surface area contributed by atoms with Gasteiger partial charge in [-0.05, 0) is 50.3 Å². The molecule has 0 aliphatic carbocycles. The van der Waals surface area contributed by atoms with Crippen molar-refractivity contribution in [3.05, 3.63) is 68.3 Å². The fourth-order valence-corrected chi connectivity index (χ4v) is 5.58. The number of nitrogen functional groups attached to an aromatic ring is 1. The highest BCUT2D eigenvalue weighted by Gasteiger charge is 2.34. The Morgan fingerprint density at radius 3 is 1.79 bits per heavy atom. The number of carbonyl (C=O) groups excluding carboxylic acids is 8. The summed E-state index contributed by atoms with van der Waals surface area (Å²) in [6.45, 7) is 8.59. The summed E-state index contributed by atoms with van der Waals surface area (Å²) in [5.41, 5.74) is 10.4. The van der Waals surface area contributed by atoms with Crippen molar-refractivity contribution < 1.29 is 48.2 Å². The van der Waals surface area contributed by atoms with Crippen LogP contribution in [0.2, 0.25) is 0 Å². The quantitative estimate of drug-likeness (QED) is 0.0264. The van der Waals surface area contributed by atoms with Gasteiger partial charge >= 0.3 is 0 Å². The van der Waals surface area contributed by atoms with Crippen molar-refractivity contribution in [2.24, 2.45) is 17.6 Å². The average molecular weight is 871 g/mol. The summed E-state index contributed by atoms with van der Waals surface area (Å²) in [4.78, 5) is 123. The smallest absolute Gasteiger partial charge is 0.299 e. The summed E-state index contributed by atoms with van der Waals surface area (Å²) in [5, 5.41) is 42.4. The second-order valence-electron chi connectivity index (χ2n) is 14.7. The van der Waals surface area contributed by atoms with Gasteiger partial charge in [-0.3, -0.25) is 58.6 Å². The maximum absolute atomic E-state index is 13.6. The van der Waals surface area contributed by atoms with Gasteiger partial charge in [-0.1, -0.05) is 39.8 Å². The molecule has 24 nitrogen and oxygen atoms in total. The Kier molecular flexibility index (Phi) is 19.6. The van der Waals surface area contributed by atoms with Gasteiger partial charge in [-0.2, -0.15) is 0 Å². The molecule has 0 heterocycles. The Morgan fingerprint density at radius 2 is 1.23 bits per heavy atom. The molecule has 0 aliphatic heterocycles. The topological polar surface area (TPSA) is 371 Å². The number of primary amides is 1. The Bertz CT molecular complexity index is 2010. The lowest BCUT2D eigenvalue weighted by Gasteiger charge is -2.29. The van der Waals surface area contributed by atoms with Gasteiger partial charge in [0.2, 0.25) is 41.4 Å². The summed E-state index contributed by atoms with van der Waals surface area (Å²) in [5.74, 6) is -6.97. The van der Waals surface area contributed by atoms with Crippen molar-refractivity contribution in [1.82, 2.24) is 37.2 Å². The maximum atomic E-state index is 13.6. The van der Waals surface area contributed by atoms with Crippen LogP contribution in [0.25, 0.3) is 0 Å². The molecule has 24 heteroatoms. The second-order valence-corrected chi connectivity index (χ2v) is 14.7. The highest BCUT2D eigenvalue weighted by atomic mass is 16.6. The van der Waals surface area contributed by atoms with E-state index in [0.717, 1.165) is 12.1 Å². The third-order valence-electron chi connectivity index (χ3n) is 9.07. The molecular weight excluding hydrogens is 816 g/mol. The summed E-state index contributed by atoms with van der Waals surface area (Å²) in [6, 6.07) is 3.17. The molecule has 0 aliphatic rings. The normalized spacial score (nSPS) is 13.2. The molecule has 0 bridgehead atoms. The van der Waals surface area contributed by atoms with Crippen LogP contribution in [-0.4, -0.2) is 107 Å². The minimum atomic E-state index is -1.30. The maximum Gasteiger partial charge on any atom is 0.299 e. The van der Waals surface area contributed by atoms with Crippen LogP contribution in [0, 0.1) is 32.1 Å². The average Bonchev–Trinajstić information content (AvgIpc) is 3.20. The van der Waals surface area contributed by atoms with Crippen LogP contribution in [0.4, 0.5) is 22.7 Å². The lowest BCUT2D eigenvalue weighted by molar-refractivity contribution is -0.393. The molecule has 8 amide bonds. The number of para-hydroxylation sites is 1. The molecule has 0 aromatic heterocycles. The summed E-state index contributed by atoms with van der Waals surface area (Å²) >= 11 is 0. The van der Waals surface area contributed by atoms with E-state index in [4.69, 9.17) is 11.5 Å². The Balaban J connectivity index is 1.93. The van der Waals surface area contributed by atoms with Crippen molar-refractivity contribution >= 4 is 70.0 Å². The molecule has 0 radical (unpaired) electrons. The molecule has 0 unspecified atom stereocenters. The molecule has 0 saturated heterocycles. The number of rotatable bonds is 24. The van der Waals surface area contributed by atoms with Gasteiger partial charge in [0.15, 0.2) is 0 Å². The molecule has 0 saturated carbocycles. The summed E-state index contributed by atoms with van der Waals surface area (Å²) in [6.07, 6.45) is -0.458. The van der Waals surface area contributed by atoms with Crippen molar-refractivity contribution in [1.29, 1.82) is 0 Å². The van der Waals surface area contributed by atoms with Gasteiger partial charge in [-0.15, -0.1) is 0 Å². The molecule has 62 heavy (non-hydrogen) atoms. The van der Waals surface area contributed by atoms with Gasteiger partial charge in [-0.25, -0.2) is 0 Å². The lowest BCUT2D eigenvalue weighted by atomic mass is 9.98. The van der Waals surface area contributed by atoms with E-state index in [1.165, 1.54) is 32.0 Å². The van der Waals surface area contributed by atoms with E-state index >= 15 is 0 Å². The molecule has 2 aromatic rings. The number of nitro benzene ring substituents is 2. The minimum Gasteiger partial charge on any atom is -0.398 e. The first kappa shape index (κ1) is 50.7. The number of amides is 8. The van der Waals surface area contributed by atoms with Gasteiger partial charge in [0.05, 0.1) is 28.0 Å². The lowest BCUT2D eigenvalue weighted by Crippen LogP contribution is -2.60. The number of nitro groups is 2. The third kappa shape index (κ3) is 16.0. The monoisotopic (exact) mass is 870 g/mol. The molecule has 0 fully saturated rings. The number of carbonyl (C=O) groups is 8. The van der Waals surface area contributed by atoms with Crippen LogP contribution < -0.4 is 54.0 Å². The van der Waals surface area contributed by atoms with Crippen LogP contribution in [0.5, 0.6) is 0 Å². The number of nitrogens with zero attached hydrogens (tertiary/aromatic N) is 2. The third-order valence-corrected chi connectivity index (χ3v) is 9.07. The van der Waals surface area contributed by atoms with Crippen molar-refractivity contribution in [3.8, 4) is 0 Å². The number of benzene rings is 2. The Labute approximate surface area is 356 Å². The van der Waals surface area contributed by atoms with Gasteiger partial charge in [0, 0.05) is 31.3 Å². The first-order chi connectivity index (χ1) is 29.0. The van der Waals surface area contributed by atoms with Crippen molar-refractivity contribution in [2.45, 2.75) is 84.6 Å². The molecule has 5 atom stereocenters. The number of anilines is 2. The SMILES string of the molecule is CC(C)[C@H](NC(=O)[C@H](CCC(N)=O)NC(=O)c1ccccc1N)C(=O)N[C@H](C(=O)N[C@@H](C)C(=O)NCC(=O)N[C@@H](C)C(=O)NCCNc1ccc([N+](=O)[O-])cc1[N+](=O)[O-])C(C)C. The fourth-order valence-electron chi connectivity index (χ4n) is 5.58. The minimum absolute atomic E-state index is 0.00590. The fraction of sp³-hybridized carbons (Fsp3) is 0.474. The number of nitrogens with one attached hydrogen (secondary N) is 8. The standard InChI is InChI=1S/C38H54N12O12/c1-19(2)31(48-38(58)32(20(3)4)47-36(56)27(13-14-29(40)51)46-35(55)24-9-7-8-10-25(24)39)37(57)45-22(6)34(54)43-18-30(52)44-21(5)33(53)42-16-15-41-26-12-11-23(49(59)60)17-28(26)50(61)62/h7-12,17,19-22,27,31-32,41H,13-16,18,39H2,1-6H3,(H2,40,51)(H,42,53)(H,43,54)(H,44,52)(H,45,57)(H,46,55)(H,47,56)(H,48,58)/t21-,22-,27-,31-,32-/m0/s1. The zero-order valence-electron chi connectivity index (χ0n) is 35.1. The van der Waals surface area contributed by atoms with Gasteiger partial charge in [0.1, 0.15) is 35.9 Å². The molecule has 12 N–H and O–H groups in total. The summed E-state index contributed by atoms with van der Waals surface area (Å²) < 4.78 is 0. The van der Waals surface area contributed by atoms with E-state index < -0.39 is 117 Å². The molecule has 2 aromatic carbocycles. The number of nitrogens with two attached hydrogens (primary N) is 2. The predicted molar refractivity (Wildman–Crippen MR) is 224 cm³/mol.